The molecule has 506 valence electrons. The first-order valence-electron chi connectivity index (χ1n) is 32.3. The standard InChI is InChI=1S/C8H11N.C7H12N2.C7H10N2.C6H10N2O.C6H10N2S.C6H10N2.C6H9NO.C6H9NS.C5H9N3.6C2H6/c1-7(2)8-3-5-9-6-4-8;1-6(2)7-4-8-9(3)5-7;1-6(2)7-3-4-8-5-9-7;1-4(2)6-8-7-5(3)9-6;1-4(2)6-7-5(3)8-9-6;1-6(2)8-4-3-7-5-8;2*1-5(2)6-3-7-4-8-6;1-5(2)8-4-6-3-7-8;6*1-2/h3-7H,1-2H3;4-6H,1-3H3;3-6H,1-2H3;2*4H,1-3H3;3-6H,1-2H3;3*3-5H,1-2H3;6*1-2H3. The first-order valence-corrected chi connectivity index (χ1v) is 33.9. The quantitative estimate of drug-likeness (QED) is 0.132. The van der Waals surface area contributed by atoms with Gasteiger partial charge in [-0.3, -0.25) is 19.3 Å². The fourth-order valence-electron chi connectivity index (χ4n) is 5.30. The van der Waals surface area contributed by atoms with Gasteiger partial charge in [-0.15, -0.1) is 21.5 Å². The van der Waals surface area contributed by atoms with Crippen LogP contribution in [0, 0.1) is 13.8 Å². The minimum Gasteiger partial charge on any atom is -0.448 e. The van der Waals surface area contributed by atoms with Crippen molar-refractivity contribution in [2.75, 3.05) is 0 Å². The van der Waals surface area contributed by atoms with Gasteiger partial charge < -0.3 is 13.4 Å². The third-order valence-electron chi connectivity index (χ3n) is 10.2. The molecular formula is C69H126N16O2S2. The van der Waals surface area contributed by atoms with Crippen LogP contribution >= 0.6 is 22.9 Å². The number of oxazole rings is 1. The molecule has 0 aliphatic carbocycles. The Labute approximate surface area is 550 Å². The summed E-state index contributed by atoms with van der Waals surface area (Å²) in [4.78, 5) is 32.8. The molecule has 9 heterocycles. The zero-order valence-electron chi connectivity index (χ0n) is 61.9. The van der Waals surface area contributed by atoms with Gasteiger partial charge in [-0.25, -0.2) is 29.9 Å². The summed E-state index contributed by atoms with van der Waals surface area (Å²) in [6.07, 6.45) is 24.9. The maximum absolute atomic E-state index is 5.12. The summed E-state index contributed by atoms with van der Waals surface area (Å²) in [7, 11) is 1.94. The second-order valence-corrected chi connectivity index (χ2v) is 21.9. The van der Waals surface area contributed by atoms with Crippen LogP contribution in [-0.2, 0) is 7.05 Å². The molecule has 9 aromatic heterocycles. The fourth-order valence-corrected chi connectivity index (χ4v) is 6.59. The van der Waals surface area contributed by atoms with Crippen LogP contribution in [0.3, 0.4) is 0 Å². The van der Waals surface area contributed by atoms with Gasteiger partial charge in [0.2, 0.25) is 11.8 Å². The number of aryl methyl sites for hydroxylation is 3. The number of nitrogens with zero attached hydrogens (tertiary/aromatic N) is 16. The Balaban J connectivity index is -0.000000213. The Morgan fingerprint density at radius 3 is 1.30 bits per heavy atom. The molecule has 89 heavy (non-hydrogen) atoms. The van der Waals surface area contributed by atoms with Crippen molar-refractivity contribution in [2.45, 2.75) is 275 Å². The van der Waals surface area contributed by atoms with Crippen LogP contribution in [0.4, 0.5) is 0 Å². The molecule has 0 unspecified atom stereocenters. The molecule has 0 radical (unpaired) electrons. The lowest BCUT2D eigenvalue weighted by Crippen LogP contribution is -1.99. The van der Waals surface area contributed by atoms with Crippen LogP contribution in [0.2, 0.25) is 0 Å². The van der Waals surface area contributed by atoms with E-state index in [9.17, 15) is 0 Å². The maximum Gasteiger partial charge on any atom is 0.219 e. The predicted molar refractivity (Wildman–Crippen MR) is 382 cm³/mol. The number of thiazole rings is 1. The number of pyridine rings is 1. The summed E-state index contributed by atoms with van der Waals surface area (Å²) in [5.41, 5.74) is 5.63. The van der Waals surface area contributed by atoms with Gasteiger partial charge in [0.05, 0.1) is 24.2 Å². The van der Waals surface area contributed by atoms with Gasteiger partial charge in [0, 0.05) is 97.8 Å². The predicted octanol–water partition coefficient (Wildman–Crippen LogP) is 21.4. The van der Waals surface area contributed by atoms with Crippen molar-refractivity contribution in [3.8, 4) is 0 Å². The van der Waals surface area contributed by atoms with E-state index >= 15 is 0 Å². The van der Waals surface area contributed by atoms with Crippen LogP contribution in [-0.4, -0.2) is 78.6 Å². The SMILES string of the molecule is CC.CC.CC.CC.CC.CC.CC(C)c1ccncc1.CC(C)c1ccncn1.CC(C)c1cnco1.CC(C)c1cncs1.CC(C)c1cnn(C)c1.CC(C)n1ccnc1.CC(C)n1cncn1.Cc1nnc(C(C)C)o1.Cc1nsc(C(C)C)n1. The number of rotatable bonds is 9. The van der Waals surface area contributed by atoms with E-state index < -0.39 is 0 Å². The highest BCUT2D eigenvalue weighted by molar-refractivity contribution is 7.09. The summed E-state index contributed by atoms with van der Waals surface area (Å²) in [6.45, 7) is 65.8. The third-order valence-corrected chi connectivity index (χ3v) is 12.3. The monoisotopic (exact) mass is 1270 g/mol. The summed E-state index contributed by atoms with van der Waals surface area (Å²) < 4.78 is 19.9. The maximum atomic E-state index is 5.12. The molecule has 0 saturated carbocycles. The molecule has 0 bridgehead atoms. The van der Waals surface area contributed by atoms with Crippen LogP contribution in [0.25, 0.3) is 0 Å². The average molecular weight is 1280 g/mol. The Morgan fingerprint density at radius 2 is 1.08 bits per heavy atom. The molecule has 18 nitrogen and oxygen atoms in total. The fraction of sp³-hybridized carbons (Fsp3) is 0.609. The number of hydrogen-bond acceptors (Lipinski definition) is 17. The Hall–Kier alpha value is -6.67. The van der Waals surface area contributed by atoms with E-state index in [4.69, 9.17) is 8.83 Å². The molecular weight excluding hydrogens is 1150 g/mol. The second kappa shape index (κ2) is 62.9. The number of hydrogen-bond donors (Lipinski definition) is 0. The lowest BCUT2D eigenvalue weighted by molar-refractivity contribution is 0.448. The van der Waals surface area contributed by atoms with E-state index in [0.29, 0.717) is 65.3 Å². The molecule has 9 rings (SSSR count). The molecule has 0 saturated heterocycles. The topological polar surface area (TPSA) is 209 Å². The van der Waals surface area contributed by atoms with E-state index in [-0.39, 0.29) is 0 Å². The van der Waals surface area contributed by atoms with Crippen molar-refractivity contribution in [3.05, 3.63) is 161 Å². The lowest BCUT2D eigenvalue weighted by Gasteiger charge is -2.02. The summed E-state index contributed by atoms with van der Waals surface area (Å²) in [5, 5.41) is 16.6. The molecule has 20 heteroatoms. The van der Waals surface area contributed by atoms with Crippen molar-refractivity contribution in [3.63, 3.8) is 0 Å². The molecule has 0 spiro atoms. The van der Waals surface area contributed by atoms with Crippen LogP contribution in [0.1, 0.15) is 311 Å². The van der Waals surface area contributed by atoms with Gasteiger partial charge in [0.15, 0.2) is 6.39 Å². The van der Waals surface area contributed by atoms with E-state index in [0.717, 1.165) is 22.3 Å². The second-order valence-electron chi connectivity index (χ2n) is 20.2. The van der Waals surface area contributed by atoms with Crippen LogP contribution in [0.5, 0.6) is 0 Å². The van der Waals surface area contributed by atoms with E-state index in [2.05, 4.69) is 180 Å². The van der Waals surface area contributed by atoms with Crippen molar-refractivity contribution in [1.82, 2.24) is 78.6 Å². The minimum absolute atomic E-state index is 0.339. The summed E-state index contributed by atoms with van der Waals surface area (Å²) in [6, 6.07) is 7.00. The largest absolute Gasteiger partial charge is 0.448 e. The zero-order chi connectivity index (χ0) is 69.9. The Morgan fingerprint density at radius 1 is 0.494 bits per heavy atom. The van der Waals surface area contributed by atoms with E-state index in [1.807, 2.05) is 183 Å². The van der Waals surface area contributed by atoms with Crippen molar-refractivity contribution < 1.29 is 8.83 Å². The summed E-state index contributed by atoms with van der Waals surface area (Å²) in [5.74, 6) is 6.88. The molecule has 9 aromatic rings. The van der Waals surface area contributed by atoms with E-state index in [1.165, 1.54) is 33.9 Å². The van der Waals surface area contributed by atoms with Gasteiger partial charge in [0.25, 0.3) is 0 Å². The van der Waals surface area contributed by atoms with Gasteiger partial charge in [-0.1, -0.05) is 180 Å². The first-order chi connectivity index (χ1) is 42.4. The normalized spacial score (nSPS) is 9.42. The molecule has 0 fully saturated rings. The number of imidazole rings is 1. The highest BCUT2D eigenvalue weighted by Gasteiger charge is 2.06. The number of aromatic nitrogens is 16. The smallest absolute Gasteiger partial charge is 0.219 e. The highest BCUT2D eigenvalue weighted by atomic mass is 32.1. The molecule has 0 N–H and O–H groups in total. The van der Waals surface area contributed by atoms with Crippen LogP contribution in [0.15, 0.2) is 120 Å². The van der Waals surface area contributed by atoms with Gasteiger partial charge in [-0.2, -0.15) is 14.6 Å². The zero-order valence-corrected chi connectivity index (χ0v) is 63.5. The average Bonchev–Trinajstić information content (AvgIpc) is 4.49. The molecule has 0 aliphatic rings. The lowest BCUT2D eigenvalue weighted by atomic mass is 10.1. The van der Waals surface area contributed by atoms with Crippen molar-refractivity contribution in [2.24, 2.45) is 7.05 Å². The van der Waals surface area contributed by atoms with Gasteiger partial charge in [-0.05, 0) is 99.1 Å². The minimum atomic E-state index is 0.339. The Bertz CT molecular complexity index is 2380. The third kappa shape index (κ3) is 50.8. The van der Waals surface area contributed by atoms with Gasteiger partial charge in [0.1, 0.15) is 35.6 Å². The summed E-state index contributed by atoms with van der Waals surface area (Å²) >= 11 is 3.22. The van der Waals surface area contributed by atoms with Gasteiger partial charge >= 0.3 is 0 Å². The van der Waals surface area contributed by atoms with Crippen LogP contribution < -0.4 is 0 Å². The van der Waals surface area contributed by atoms with Crippen molar-refractivity contribution >= 4 is 22.9 Å². The molecule has 0 aliphatic heterocycles. The van der Waals surface area contributed by atoms with Crippen molar-refractivity contribution in [1.29, 1.82) is 0 Å². The molecule has 0 amide bonds. The molecule has 0 aromatic carbocycles. The Kier molecular flexibility index (Phi) is 66.1. The molecule has 0 atom stereocenters. The highest BCUT2D eigenvalue weighted by Crippen LogP contribution is 2.18. The van der Waals surface area contributed by atoms with E-state index in [1.54, 1.807) is 60.5 Å². The first kappa shape index (κ1) is 93.5.